The summed E-state index contributed by atoms with van der Waals surface area (Å²) in [5.41, 5.74) is 5.66. The van der Waals surface area contributed by atoms with Crippen molar-refractivity contribution in [1.29, 1.82) is 0 Å². The van der Waals surface area contributed by atoms with E-state index in [-0.39, 0.29) is 11.4 Å². The average molecular weight is 240 g/mol. The topological polar surface area (TPSA) is 46.3 Å². The van der Waals surface area contributed by atoms with E-state index in [2.05, 4.69) is 0 Å². The Morgan fingerprint density at radius 1 is 1.29 bits per heavy atom. The molecule has 1 aliphatic rings. The molecule has 0 heterocycles. The second-order valence-electron chi connectivity index (χ2n) is 6.27. The van der Waals surface area contributed by atoms with Crippen molar-refractivity contribution in [3.05, 3.63) is 0 Å². The van der Waals surface area contributed by atoms with Crippen molar-refractivity contribution >= 4 is 5.91 Å². The van der Waals surface area contributed by atoms with E-state index in [1.165, 1.54) is 32.1 Å². The molecule has 3 heteroatoms. The zero-order chi connectivity index (χ0) is 12.9. The van der Waals surface area contributed by atoms with E-state index in [0.717, 1.165) is 18.9 Å². The third kappa shape index (κ3) is 6.06. The maximum Gasteiger partial charge on any atom is 0.222 e. The van der Waals surface area contributed by atoms with Gasteiger partial charge >= 0.3 is 0 Å². The van der Waals surface area contributed by atoms with Crippen molar-refractivity contribution in [1.82, 2.24) is 4.90 Å². The Morgan fingerprint density at radius 2 is 1.88 bits per heavy atom. The van der Waals surface area contributed by atoms with Crippen LogP contribution in [-0.2, 0) is 4.79 Å². The predicted molar refractivity (Wildman–Crippen MR) is 71.7 cm³/mol. The third-order valence-electron chi connectivity index (χ3n) is 3.67. The first-order valence-electron chi connectivity index (χ1n) is 6.91. The van der Waals surface area contributed by atoms with Crippen molar-refractivity contribution in [3.63, 3.8) is 0 Å². The number of hydrogen-bond acceptors (Lipinski definition) is 2. The van der Waals surface area contributed by atoms with Crippen LogP contribution in [0.5, 0.6) is 0 Å². The van der Waals surface area contributed by atoms with Gasteiger partial charge in [0.05, 0.1) is 0 Å². The fraction of sp³-hybridized carbons (Fsp3) is 0.929. The van der Waals surface area contributed by atoms with Crippen molar-refractivity contribution in [2.75, 3.05) is 13.6 Å². The first kappa shape index (κ1) is 14.5. The molecule has 0 radical (unpaired) electrons. The lowest BCUT2D eigenvalue weighted by molar-refractivity contribution is -0.130. The molecule has 0 unspecified atom stereocenters. The van der Waals surface area contributed by atoms with E-state index in [0.29, 0.717) is 6.42 Å². The van der Waals surface area contributed by atoms with Crippen LogP contribution in [0.4, 0.5) is 0 Å². The smallest absolute Gasteiger partial charge is 0.222 e. The number of amides is 1. The molecular weight excluding hydrogens is 212 g/mol. The lowest BCUT2D eigenvalue weighted by atomic mass is 9.89. The molecule has 0 spiro atoms. The molecule has 0 saturated heterocycles. The molecule has 3 nitrogen and oxygen atoms in total. The summed E-state index contributed by atoms with van der Waals surface area (Å²) in [5, 5.41) is 0. The maximum absolute atomic E-state index is 11.9. The van der Waals surface area contributed by atoms with Gasteiger partial charge in [0.1, 0.15) is 0 Å². The van der Waals surface area contributed by atoms with Gasteiger partial charge in [-0.25, -0.2) is 0 Å². The summed E-state index contributed by atoms with van der Waals surface area (Å²) < 4.78 is 0. The quantitative estimate of drug-likeness (QED) is 0.802. The third-order valence-corrected chi connectivity index (χ3v) is 3.67. The van der Waals surface area contributed by atoms with E-state index in [1.54, 1.807) is 0 Å². The van der Waals surface area contributed by atoms with Crippen molar-refractivity contribution < 1.29 is 4.79 Å². The molecule has 0 aromatic rings. The van der Waals surface area contributed by atoms with E-state index in [1.807, 2.05) is 25.8 Å². The number of nitrogens with two attached hydrogens (primary N) is 1. The van der Waals surface area contributed by atoms with Crippen molar-refractivity contribution in [2.45, 2.75) is 64.3 Å². The van der Waals surface area contributed by atoms with Crippen LogP contribution in [0.2, 0.25) is 0 Å². The number of carbonyl (C=O) groups is 1. The van der Waals surface area contributed by atoms with Gasteiger partial charge in [-0.05, 0) is 39.0 Å². The minimum Gasteiger partial charge on any atom is -0.345 e. The van der Waals surface area contributed by atoms with Gasteiger partial charge in [0.15, 0.2) is 0 Å². The Bertz CT molecular complexity index is 239. The van der Waals surface area contributed by atoms with Crippen LogP contribution in [0.25, 0.3) is 0 Å². The van der Waals surface area contributed by atoms with Crippen LogP contribution < -0.4 is 5.73 Å². The average Bonchev–Trinajstić information content (AvgIpc) is 2.26. The summed E-state index contributed by atoms with van der Waals surface area (Å²) in [6, 6.07) is 0. The Balaban J connectivity index is 2.26. The van der Waals surface area contributed by atoms with Crippen LogP contribution in [0.1, 0.15) is 58.8 Å². The molecule has 0 aromatic heterocycles. The predicted octanol–water partition coefficient (Wildman–Crippen LogP) is 2.54. The highest BCUT2D eigenvalue weighted by molar-refractivity contribution is 5.75. The van der Waals surface area contributed by atoms with Gasteiger partial charge in [-0.3, -0.25) is 4.79 Å². The summed E-state index contributed by atoms with van der Waals surface area (Å²) in [6.45, 7) is 4.88. The summed E-state index contributed by atoms with van der Waals surface area (Å²) in [7, 11) is 1.93. The molecule has 2 N–H and O–H groups in total. The number of rotatable bonds is 5. The number of hydrogen-bond donors (Lipinski definition) is 1. The van der Waals surface area contributed by atoms with Crippen LogP contribution >= 0.6 is 0 Å². The standard InChI is InChI=1S/C14H28N2O/c1-14(2,15)10-9-13(17)16(3)11-12-7-5-4-6-8-12/h12H,4-11,15H2,1-3H3. The Kier molecular flexibility index (Phi) is 5.44. The SMILES string of the molecule is CN(CC1CCCCC1)C(=O)CCC(C)(C)N. The lowest BCUT2D eigenvalue weighted by Gasteiger charge is -2.28. The first-order valence-corrected chi connectivity index (χ1v) is 6.91. The maximum atomic E-state index is 11.9. The zero-order valence-electron chi connectivity index (χ0n) is 11.7. The molecule has 1 aliphatic carbocycles. The lowest BCUT2D eigenvalue weighted by Crippen LogP contribution is -2.36. The van der Waals surface area contributed by atoms with Gasteiger partial charge in [0.2, 0.25) is 5.91 Å². The van der Waals surface area contributed by atoms with E-state index in [9.17, 15) is 4.79 Å². The summed E-state index contributed by atoms with van der Waals surface area (Å²) in [6.07, 6.45) is 7.97. The molecule has 17 heavy (non-hydrogen) atoms. The van der Waals surface area contributed by atoms with Crippen molar-refractivity contribution in [3.8, 4) is 0 Å². The van der Waals surface area contributed by atoms with Crippen LogP contribution in [0.15, 0.2) is 0 Å². The van der Waals surface area contributed by atoms with Gasteiger partial charge < -0.3 is 10.6 Å². The molecule has 1 rings (SSSR count). The Morgan fingerprint density at radius 3 is 2.41 bits per heavy atom. The number of carbonyl (C=O) groups excluding carboxylic acids is 1. The van der Waals surface area contributed by atoms with Gasteiger partial charge in [-0.1, -0.05) is 19.3 Å². The fourth-order valence-corrected chi connectivity index (χ4v) is 2.48. The van der Waals surface area contributed by atoms with Gasteiger partial charge in [-0.15, -0.1) is 0 Å². The number of nitrogens with zero attached hydrogens (tertiary/aromatic N) is 1. The molecule has 1 amide bonds. The first-order chi connectivity index (χ1) is 7.88. The van der Waals surface area contributed by atoms with E-state index in [4.69, 9.17) is 5.73 Å². The summed E-state index contributed by atoms with van der Waals surface area (Å²) in [5.74, 6) is 0.970. The van der Waals surface area contributed by atoms with Gasteiger partial charge in [0, 0.05) is 25.6 Å². The minimum absolute atomic E-state index is 0.235. The van der Waals surface area contributed by atoms with Crippen LogP contribution in [-0.4, -0.2) is 29.9 Å². The van der Waals surface area contributed by atoms with Gasteiger partial charge in [0.25, 0.3) is 0 Å². The molecule has 0 bridgehead atoms. The Hall–Kier alpha value is -0.570. The zero-order valence-corrected chi connectivity index (χ0v) is 11.7. The molecule has 1 fully saturated rings. The summed E-state index contributed by atoms with van der Waals surface area (Å²) in [4.78, 5) is 13.8. The monoisotopic (exact) mass is 240 g/mol. The van der Waals surface area contributed by atoms with Gasteiger partial charge in [-0.2, -0.15) is 0 Å². The molecule has 1 saturated carbocycles. The van der Waals surface area contributed by atoms with Crippen LogP contribution in [0.3, 0.4) is 0 Å². The van der Waals surface area contributed by atoms with E-state index >= 15 is 0 Å². The van der Waals surface area contributed by atoms with E-state index < -0.39 is 0 Å². The van der Waals surface area contributed by atoms with Crippen LogP contribution in [0, 0.1) is 5.92 Å². The molecule has 0 aliphatic heterocycles. The largest absolute Gasteiger partial charge is 0.345 e. The normalized spacial score (nSPS) is 18.1. The fourth-order valence-electron chi connectivity index (χ4n) is 2.48. The highest BCUT2D eigenvalue weighted by Gasteiger charge is 2.19. The summed E-state index contributed by atoms with van der Waals surface area (Å²) >= 11 is 0. The second kappa shape index (κ2) is 6.39. The molecule has 0 aromatic carbocycles. The Labute approximate surface area is 106 Å². The molecule has 100 valence electrons. The van der Waals surface area contributed by atoms with Crippen molar-refractivity contribution in [2.24, 2.45) is 11.7 Å². The molecular formula is C14H28N2O. The second-order valence-corrected chi connectivity index (χ2v) is 6.27. The minimum atomic E-state index is -0.235. The molecule has 0 atom stereocenters. The highest BCUT2D eigenvalue weighted by atomic mass is 16.2. The highest BCUT2D eigenvalue weighted by Crippen LogP contribution is 2.24.